The van der Waals surface area contributed by atoms with Gasteiger partial charge in [-0.2, -0.15) is 0 Å². The third-order valence-corrected chi connectivity index (χ3v) is 5.60. The third-order valence-electron chi connectivity index (χ3n) is 4.63. The Morgan fingerprint density at radius 1 is 1.40 bits per heavy atom. The summed E-state index contributed by atoms with van der Waals surface area (Å²) in [4.78, 5) is 12.1. The van der Waals surface area contributed by atoms with Gasteiger partial charge < -0.3 is 9.88 Å². The Balaban J connectivity index is 1.49. The first-order valence-electron chi connectivity index (χ1n) is 7.49. The Kier molecular flexibility index (Phi) is 4.01. The molecule has 0 radical (unpaired) electrons. The molecular weight excluding hydrogens is 272 g/mol. The zero-order valence-electron chi connectivity index (χ0n) is 12.1. The Bertz CT molecular complexity index is 501. The Labute approximate surface area is 123 Å². The van der Waals surface area contributed by atoms with Crippen LogP contribution >= 0.6 is 11.8 Å². The molecule has 6 heteroatoms. The number of carbonyl (C=O) groups excluding carboxylic acids is 1. The molecule has 1 aromatic heterocycles. The summed E-state index contributed by atoms with van der Waals surface area (Å²) in [6.07, 6.45) is 5.17. The number of thioether (sulfide) groups is 1. The summed E-state index contributed by atoms with van der Waals surface area (Å²) in [6.45, 7) is 4.85. The number of rotatable bonds is 5. The smallest absolute Gasteiger partial charge is 0.230 e. The lowest BCUT2D eigenvalue weighted by Crippen LogP contribution is -2.39. The van der Waals surface area contributed by atoms with Crippen LogP contribution in [0, 0.1) is 18.8 Å². The Morgan fingerprint density at radius 2 is 2.25 bits per heavy atom. The summed E-state index contributed by atoms with van der Waals surface area (Å²) in [5.41, 5.74) is 0. The second-order valence-electron chi connectivity index (χ2n) is 5.91. The zero-order chi connectivity index (χ0) is 14.1. The van der Waals surface area contributed by atoms with Gasteiger partial charge in [0.05, 0.1) is 5.75 Å². The van der Waals surface area contributed by atoms with Crippen LogP contribution in [0.3, 0.4) is 0 Å². The number of aromatic nitrogens is 3. The fourth-order valence-corrected chi connectivity index (χ4v) is 4.49. The molecule has 5 nitrogen and oxygen atoms in total. The quantitative estimate of drug-likeness (QED) is 0.844. The van der Waals surface area contributed by atoms with Gasteiger partial charge in [-0.05, 0) is 44.9 Å². The van der Waals surface area contributed by atoms with E-state index in [0.29, 0.717) is 11.8 Å². The molecule has 0 aromatic carbocycles. The lowest BCUT2D eigenvalue weighted by atomic mass is 9.95. The second kappa shape index (κ2) is 5.76. The van der Waals surface area contributed by atoms with Gasteiger partial charge in [0, 0.05) is 12.6 Å². The molecule has 3 atom stereocenters. The second-order valence-corrected chi connectivity index (χ2v) is 6.85. The average Bonchev–Trinajstić information content (AvgIpc) is 3.11. The highest BCUT2D eigenvalue weighted by atomic mass is 32.2. The lowest BCUT2D eigenvalue weighted by Gasteiger charge is -2.22. The molecule has 2 aliphatic carbocycles. The fraction of sp³-hybridized carbons (Fsp3) is 0.786. The maximum atomic E-state index is 12.1. The van der Waals surface area contributed by atoms with E-state index in [-0.39, 0.29) is 5.91 Å². The minimum Gasteiger partial charge on any atom is -0.352 e. The molecule has 1 amide bonds. The topological polar surface area (TPSA) is 59.8 Å². The van der Waals surface area contributed by atoms with Gasteiger partial charge in [-0.1, -0.05) is 18.2 Å². The number of nitrogens with one attached hydrogen (secondary N) is 1. The molecular formula is C14H22N4OS. The summed E-state index contributed by atoms with van der Waals surface area (Å²) in [7, 11) is 0. The number of amides is 1. The van der Waals surface area contributed by atoms with Crippen molar-refractivity contribution < 1.29 is 4.79 Å². The number of hydrogen-bond acceptors (Lipinski definition) is 4. The SMILES string of the molecule is CCn1c(C)nnc1SCC(=O)N[C@H]1C[C@H]2CC[C@@H]1C2. The van der Waals surface area contributed by atoms with E-state index in [1.807, 2.05) is 11.5 Å². The highest BCUT2D eigenvalue weighted by Crippen LogP contribution is 2.44. The van der Waals surface area contributed by atoms with Crippen LogP contribution in [0.5, 0.6) is 0 Å². The fourth-order valence-electron chi connectivity index (χ4n) is 3.63. The molecule has 2 fully saturated rings. The highest BCUT2D eigenvalue weighted by molar-refractivity contribution is 7.99. The van der Waals surface area contributed by atoms with Gasteiger partial charge >= 0.3 is 0 Å². The molecule has 2 bridgehead atoms. The number of hydrogen-bond donors (Lipinski definition) is 1. The minimum absolute atomic E-state index is 0.135. The predicted octanol–water partition coefficient (Wildman–Crippen LogP) is 2.00. The summed E-state index contributed by atoms with van der Waals surface area (Å²) in [6, 6.07) is 0.424. The number of fused-ring (bicyclic) bond motifs is 2. The zero-order valence-corrected chi connectivity index (χ0v) is 12.9. The molecule has 0 unspecified atom stereocenters. The molecule has 0 aliphatic heterocycles. The van der Waals surface area contributed by atoms with Gasteiger partial charge in [0.2, 0.25) is 5.91 Å². The maximum absolute atomic E-state index is 12.1. The van der Waals surface area contributed by atoms with E-state index >= 15 is 0 Å². The first-order chi connectivity index (χ1) is 9.67. The molecule has 0 spiro atoms. The van der Waals surface area contributed by atoms with E-state index in [2.05, 4.69) is 22.4 Å². The van der Waals surface area contributed by atoms with Crippen molar-refractivity contribution >= 4 is 17.7 Å². The van der Waals surface area contributed by atoms with Gasteiger partial charge in [-0.3, -0.25) is 4.79 Å². The van der Waals surface area contributed by atoms with E-state index in [4.69, 9.17) is 0 Å². The van der Waals surface area contributed by atoms with Crippen molar-refractivity contribution in [3.8, 4) is 0 Å². The first kappa shape index (κ1) is 13.9. The van der Waals surface area contributed by atoms with Crippen LogP contribution < -0.4 is 5.32 Å². The van der Waals surface area contributed by atoms with Crippen molar-refractivity contribution in [3.63, 3.8) is 0 Å². The molecule has 0 saturated heterocycles. The Hall–Kier alpha value is -1.04. The molecule has 1 heterocycles. The van der Waals surface area contributed by atoms with Crippen LogP contribution in [0.15, 0.2) is 5.16 Å². The normalized spacial score (nSPS) is 28.0. The molecule has 2 saturated carbocycles. The highest BCUT2D eigenvalue weighted by Gasteiger charge is 2.39. The Morgan fingerprint density at radius 3 is 2.90 bits per heavy atom. The van der Waals surface area contributed by atoms with Crippen molar-refractivity contribution in [2.75, 3.05) is 5.75 Å². The molecule has 110 valence electrons. The summed E-state index contributed by atoms with van der Waals surface area (Å²) in [5.74, 6) is 3.07. The summed E-state index contributed by atoms with van der Waals surface area (Å²) < 4.78 is 2.04. The van der Waals surface area contributed by atoms with Crippen molar-refractivity contribution in [2.45, 2.75) is 57.3 Å². The van der Waals surface area contributed by atoms with E-state index in [9.17, 15) is 4.79 Å². The lowest BCUT2D eigenvalue weighted by molar-refractivity contribution is -0.119. The van der Waals surface area contributed by atoms with Crippen molar-refractivity contribution in [1.82, 2.24) is 20.1 Å². The van der Waals surface area contributed by atoms with Crippen LogP contribution in [0.1, 0.15) is 38.4 Å². The van der Waals surface area contributed by atoms with Crippen LogP contribution in [-0.2, 0) is 11.3 Å². The van der Waals surface area contributed by atoms with Crippen LogP contribution in [0.25, 0.3) is 0 Å². The standard InChI is InChI=1S/C14H22N4OS/c1-3-18-9(2)16-17-14(18)20-8-13(19)15-12-7-10-4-5-11(12)6-10/h10-12H,3-8H2,1-2H3,(H,15,19)/t10-,11+,12-/m0/s1. The van der Waals surface area contributed by atoms with Gasteiger partial charge in [0.15, 0.2) is 5.16 Å². The van der Waals surface area contributed by atoms with Crippen LogP contribution in [0.4, 0.5) is 0 Å². The van der Waals surface area contributed by atoms with Crippen molar-refractivity contribution in [1.29, 1.82) is 0 Å². The minimum atomic E-state index is 0.135. The van der Waals surface area contributed by atoms with E-state index in [1.54, 1.807) is 0 Å². The number of nitrogens with zero attached hydrogens (tertiary/aromatic N) is 3. The van der Waals surface area contributed by atoms with Gasteiger partial charge in [0.25, 0.3) is 0 Å². The average molecular weight is 294 g/mol. The van der Waals surface area contributed by atoms with E-state index < -0.39 is 0 Å². The molecule has 1 N–H and O–H groups in total. The molecule has 3 rings (SSSR count). The van der Waals surface area contributed by atoms with Crippen LogP contribution in [0.2, 0.25) is 0 Å². The van der Waals surface area contributed by atoms with E-state index in [0.717, 1.165) is 29.4 Å². The van der Waals surface area contributed by atoms with Gasteiger partial charge in [-0.25, -0.2) is 0 Å². The summed E-state index contributed by atoms with van der Waals surface area (Å²) >= 11 is 1.48. The van der Waals surface area contributed by atoms with Crippen molar-refractivity contribution in [3.05, 3.63) is 5.82 Å². The molecule has 2 aliphatic rings. The van der Waals surface area contributed by atoms with Crippen LogP contribution in [-0.4, -0.2) is 32.5 Å². The largest absolute Gasteiger partial charge is 0.352 e. The van der Waals surface area contributed by atoms with Gasteiger partial charge in [-0.15, -0.1) is 10.2 Å². The monoisotopic (exact) mass is 294 g/mol. The van der Waals surface area contributed by atoms with Gasteiger partial charge in [0.1, 0.15) is 5.82 Å². The maximum Gasteiger partial charge on any atom is 0.230 e. The van der Waals surface area contributed by atoms with E-state index in [1.165, 1.54) is 37.4 Å². The number of aryl methyl sites for hydroxylation is 1. The summed E-state index contributed by atoms with van der Waals surface area (Å²) in [5, 5.41) is 12.2. The van der Waals surface area contributed by atoms with Crippen molar-refractivity contribution in [2.24, 2.45) is 11.8 Å². The molecule has 20 heavy (non-hydrogen) atoms. The third kappa shape index (κ3) is 2.71. The number of carbonyl (C=O) groups is 1. The molecule has 1 aromatic rings. The first-order valence-corrected chi connectivity index (χ1v) is 8.48. The predicted molar refractivity (Wildman–Crippen MR) is 78.5 cm³/mol.